The second-order valence-electron chi connectivity index (χ2n) is 5.57. The Morgan fingerprint density at radius 3 is 2.86 bits per heavy atom. The van der Waals surface area contributed by atoms with Crippen LogP contribution in [-0.2, 0) is 6.54 Å². The Kier molecular flexibility index (Phi) is 5.95. The van der Waals surface area contributed by atoms with Crippen molar-refractivity contribution in [2.75, 3.05) is 19.6 Å². The summed E-state index contributed by atoms with van der Waals surface area (Å²) in [6.45, 7) is 4.71. The normalized spacial score (nSPS) is 18.2. The number of rotatable bonds is 5. The molecule has 21 heavy (non-hydrogen) atoms. The SMILES string of the molecule is C[C@@H](O)CNC(=O)NC1CCN(Cc2ccccn2)CC1. The van der Waals surface area contributed by atoms with Crippen LogP contribution in [0, 0.1) is 0 Å². The van der Waals surface area contributed by atoms with E-state index in [0.717, 1.165) is 38.2 Å². The highest BCUT2D eigenvalue weighted by Gasteiger charge is 2.20. The fraction of sp³-hybridized carbons (Fsp3) is 0.600. The second-order valence-corrected chi connectivity index (χ2v) is 5.57. The van der Waals surface area contributed by atoms with Gasteiger partial charge in [0.15, 0.2) is 0 Å². The fourth-order valence-corrected chi connectivity index (χ4v) is 2.43. The van der Waals surface area contributed by atoms with Gasteiger partial charge in [-0.25, -0.2) is 4.79 Å². The van der Waals surface area contributed by atoms with Crippen LogP contribution in [0.2, 0.25) is 0 Å². The van der Waals surface area contributed by atoms with Crippen LogP contribution in [0.15, 0.2) is 24.4 Å². The van der Waals surface area contributed by atoms with E-state index in [1.54, 1.807) is 6.92 Å². The maximum absolute atomic E-state index is 11.6. The second kappa shape index (κ2) is 7.95. The van der Waals surface area contributed by atoms with E-state index >= 15 is 0 Å². The Bertz CT molecular complexity index is 431. The summed E-state index contributed by atoms with van der Waals surface area (Å²) >= 11 is 0. The first-order chi connectivity index (χ1) is 10.1. The molecule has 6 heteroatoms. The zero-order valence-corrected chi connectivity index (χ0v) is 12.5. The van der Waals surface area contributed by atoms with Crippen molar-refractivity contribution in [3.05, 3.63) is 30.1 Å². The molecule has 0 unspecified atom stereocenters. The maximum atomic E-state index is 11.6. The van der Waals surface area contributed by atoms with Gasteiger partial charge in [0.05, 0.1) is 11.8 Å². The molecule has 3 N–H and O–H groups in total. The smallest absolute Gasteiger partial charge is 0.315 e. The van der Waals surface area contributed by atoms with E-state index in [0.29, 0.717) is 0 Å². The molecule has 116 valence electrons. The first-order valence-corrected chi connectivity index (χ1v) is 7.48. The summed E-state index contributed by atoms with van der Waals surface area (Å²) in [4.78, 5) is 18.3. The van der Waals surface area contributed by atoms with E-state index in [1.807, 2.05) is 24.4 Å². The fourth-order valence-electron chi connectivity index (χ4n) is 2.43. The Morgan fingerprint density at radius 2 is 2.24 bits per heavy atom. The highest BCUT2D eigenvalue weighted by atomic mass is 16.3. The molecule has 0 saturated carbocycles. The summed E-state index contributed by atoms with van der Waals surface area (Å²) in [5.41, 5.74) is 1.08. The molecular formula is C15H24N4O2. The van der Waals surface area contributed by atoms with Gasteiger partial charge in [-0.1, -0.05) is 6.07 Å². The number of piperidine rings is 1. The molecule has 1 aliphatic heterocycles. The first kappa shape index (κ1) is 15.7. The summed E-state index contributed by atoms with van der Waals surface area (Å²) in [5.74, 6) is 0. The van der Waals surface area contributed by atoms with E-state index < -0.39 is 6.10 Å². The Labute approximate surface area is 125 Å². The van der Waals surface area contributed by atoms with Crippen molar-refractivity contribution in [1.29, 1.82) is 0 Å². The third-order valence-electron chi connectivity index (χ3n) is 3.59. The molecule has 1 saturated heterocycles. The highest BCUT2D eigenvalue weighted by Crippen LogP contribution is 2.12. The molecule has 2 heterocycles. The standard InChI is InChI=1S/C15H24N4O2/c1-12(20)10-17-15(21)18-13-5-8-19(9-6-13)11-14-4-2-3-7-16-14/h2-4,7,12-13,20H,5-6,8-11H2,1H3,(H2,17,18,21)/t12-/m1/s1. The van der Waals surface area contributed by atoms with Crippen molar-refractivity contribution < 1.29 is 9.90 Å². The number of urea groups is 1. The third-order valence-corrected chi connectivity index (χ3v) is 3.59. The van der Waals surface area contributed by atoms with Gasteiger partial charge >= 0.3 is 6.03 Å². The Balaban J connectivity index is 1.67. The van der Waals surface area contributed by atoms with Crippen LogP contribution < -0.4 is 10.6 Å². The minimum Gasteiger partial charge on any atom is -0.392 e. The van der Waals surface area contributed by atoms with Crippen LogP contribution in [0.25, 0.3) is 0 Å². The van der Waals surface area contributed by atoms with Crippen molar-refractivity contribution >= 4 is 6.03 Å². The number of pyridine rings is 1. The topological polar surface area (TPSA) is 77.5 Å². The lowest BCUT2D eigenvalue weighted by Gasteiger charge is -2.32. The highest BCUT2D eigenvalue weighted by molar-refractivity contribution is 5.74. The predicted molar refractivity (Wildman–Crippen MR) is 80.8 cm³/mol. The van der Waals surface area contributed by atoms with Crippen LogP contribution in [0.1, 0.15) is 25.5 Å². The molecule has 0 spiro atoms. The predicted octanol–water partition coefficient (Wildman–Crippen LogP) is 0.726. The van der Waals surface area contributed by atoms with Gasteiger partial charge in [0, 0.05) is 38.4 Å². The molecule has 0 aromatic carbocycles. The molecule has 1 aromatic heterocycles. The zero-order chi connectivity index (χ0) is 15.1. The quantitative estimate of drug-likeness (QED) is 0.747. The number of aromatic nitrogens is 1. The molecule has 0 aliphatic carbocycles. The molecule has 0 radical (unpaired) electrons. The summed E-state index contributed by atoms with van der Waals surface area (Å²) in [5, 5.41) is 14.7. The third kappa shape index (κ3) is 5.69. The monoisotopic (exact) mass is 292 g/mol. The molecular weight excluding hydrogens is 268 g/mol. The number of likely N-dealkylation sites (tertiary alicyclic amines) is 1. The summed E-state index contributed by atoms with van der Waals surface area (Å²) < 4.78 is 0. The number of nitrogens with zero attached hydrogens (tertiary/aromatic N) is 2. The van der Waals surface area contributed by atoms with Gasteiger partial charge in [-0.2, -0.15) is 0 Å². The van der Waals surface area contributed by atoms with E-state index in [1.165, 1.54) is 0 Å². The number of aliphatic hydroxyl groups excluding tert-OH is 1. The molecule has 6 nitrogen and oxygen atoms in total. The van der Waals surface area contributed by atoms with Gasteiger partial charge in [-0.05, 0) is 31.9 Å². The van der Waals surface area contributed by atoms with E-state index in [2.05, 4.69) is 20.5 Å². The number of hydrogen-bond donors (Lipinski definition) is 3. The average molecular weight is 292 g/mol. The lowest BCUT2D eigenvalue weighted by atomic mass is 10.1. The number of nitrogens with one attached hydrogen (secondary N) is 2. The summed E-state index contributed by atoms with van der Waals surface area (Å²) in [7, 11) is 0. The van der Waals surface area contributed by atoms with Gasteiger partial charge in [0.1, 0.15) is 0 Å². The molecule has 1 aromatic rings. The Morgan fingerprint density at radius 1 is 1.48 bits per heavy atom. The largest absolute Gasteiger partial charge is 0.392 e. The number of carbonyl (C=O) groups excluding carboxylic acids is 1. The van der Waals surface area contributed by atoms with Crippen LogP contribution >= 0.6 is 0 Å². The molecule has 1 fully saturated rings. The van der Waals surface area contributed by atoms with E-state index in [-0.39, 0.29) is 18.6 Å². The van der Waals surface area contributed by atoms with Crippen molar-refractivity contribution in [3.8, 4) is 0 Å². The van der Waals surface area contributed by atoms with Crippen molar-refractivity contribution in [1.82, 2.24) is 20.5 Å². The lowest BCUT2D eigenvalue weighted by molar-refractivity contribution is 0.175. The van der Waals surface area contributed by atoms with Crippen molar-refractivity contribution in [2.45, 2.75) is 38.5 Å². The van der Waals surface area contributed by atoms with E-state index in [4.69, 9.17) is 5.11 Å². The summed E-state index contributed by atoms with van der Waals surface area (Å²) in [6.07, 6.45) is 3.18. The van der Waals surface area contributed by atoms with Crippen LogP contribution in [-0.4, -0.2) is 52.8 Å². The molecule has 1 atom stereocenters. The minimum absolute atomic E-state index is 0.195. The number of carbonyl (C=O) groups is 1. The van der Waals surface area contributed by atoms with Crippen LogP contribution in [0.5, 0.6) is 0 Å². The molecule has 1 aliphatic rings. The summed E-state index contributed by atoms with van der Waals surface area (Å²) in [6, 6.07) is 5.97. The minimum atomic E-state index is -0.518. The van der Waals surface area contributed by atoms with E-state index in [9.17, 15) is 4.79 Å². The first-order valence-electron chi connectivity index (χ1n) is 7.48. The van der Waals surface area contributed by atoms with Gasteiger partial charge < -0.3 is 15.7 Å². The van der Waals surface area contributed by atoms with Gasteiger partial charge in [0.2, 0.25) is 0 Å². The average Bonchev–Trinajstić information content (AvgIpc) is 2.48. The molecule has 2 rings (SSSR count). The van der Waals surface area contributed by atoms with Gasteiger partial charge in [-0.3, -0.25) is 9.88 Å². The molecule has 2 amide bonds. The Hall–Kier alpha value is -1.66. The van der Waals surface area contributed by atoms with Gasteiger partial charge in [0.25, 0.3) is 0 Å². The van der Waals surface area contributed by atoms with Crippen LogP contribution in [0.4, 0.5) is 4.79 Å². The number of hydrogen-bond acceptors (Lipinski definition) is 4. The maximum Gasteiger partial charge on any atom is 0.315 e. The lowest BCUT2D eigenvalue weighted by Crippen LogP contribution is -2.48. The van der Waals surface area contributed by atoms with Crippen molar-refractivity contribution in [2.24, 2.45) is 0 Å². The van der Waals surface area contributed by atoms with Crippen LogP contribution in [0.3, 0.4) is 0 Å². The van der Waals surface area contributed by atoms with Gasteiger partial charge in [-0.15, -0.1) is 0 Å². The van der Waals surface area contributed by atoms with Crippen molar-refractivity contribution in [3.63, 3.8) is 0 Å². The number of amides is 2. The number of aliphatic hydroxyl groups is 1. The zero-order valence-electron chi connectivity index (χ0n) is 12.5. The molecule has 0 bridgehead atoms.